The Kier molecular flexibility index (Phi) is 6.86. The number of carbonyl (C=O) groups is 2. The third-order valence-corrected chi connectivity index (χ3v) is 8.66. The number of aryl methyl sites for hydroxylation is 1. The Hall–Kier alpha value is -4.80. The van der Waals surface area contributed by atoms with Crippen molar-refractivity contribution in [1.29, 1.82) is 0 Å². The lowest BCUT2D eigenvalue weighted by Gasteiger charge is -2.24. The summed E-state index contributed by atoms with van der Waals surface area (Å²) in [7, 11) is 0. The molecule has 5 aromatic rings. The van der Waals surface area contributed by atoms with Crippen molar-refractivity contribution < 1.29 is 19.1 Å². The molecule has 1 aliphatic heterocycles. The molecule has 204 valence electrons. The number of carboxylic acids is 1. The van der Waals surface area contributed by atoms with Crippen molar-refractivity contribution in [1.82, 2.24) is 4.57 Å². The number of allylic oxidation sites excluding steroid dienone is 1. The number of benzene rings is 2. The van der Waals surface area contributed by atoms with E-state index in [0.717, 1.165) is 16.0 Å². The molecule has 10 heteroatoms. The van der Waals surface area contributed by atoms with Gasteiger partial charge in [-0.1, -0.05) is 41.7 Å². The Morgan fingerprint density at radius 2 is 1.85 bits per heavy atom. The molecule has 1 aliphatic rings. The van der Waals surface area contributed by atoms with Gasteiger partial charge in [0, 0.05) is 22.2 Å². The van der Waals surface area contributed by atoms with Crippen LogP contribution in [0.3, 0.4) is 0 Å². The summed E-state index contributed by atoms with van der Waals surface area (Å²) in [6, 6.07) is 20.7. The lowest BCUT2D eigenvalue weighted by atomic mass is 10.0. The molecule has 0 saturated heterocycles. The highest BCUT2D eigenvalue weighted by Crippen LogP contribution is 2.33. The zero-order valence-corrected chi connectivity index (χ0v) is 23.6. The summed E-state index contributed by atoms with van der Waals surface area (Å²) in [6.07, 6.45) is 1.67. The van der Waals surface area contributed by atoms with Crippen LogP contribution >= 0.6 is 22.7 Å². The number of nitrogens with zero attached hydrogens (tertiary/aromatic N) is 2. The highest BCUT2D eigenvalue weighted by Gasteiger charge is 2.33. The van der Waals surface area contributed by atoms with Crippen LogP contribution < -0.4 is 20.2 Å². The number of carbonyl (C=O) groups excluding carboxylic acids is 1. The molecule has 4 heterocycles. The van der Waals surface area contributed by atoms with E-state index in [1.807, 2.05) is 54.8 Å². The highest BCUT2D eigenvalue weighted by atomic mass is 32.1. The van der Waals surface area contributed by atoms with E-state index in [1.165, 1.54) is 28.7 Å². The molecule has 1 atom stereocenters. The molecular weight excluding hydrogens is 558 g/mol. The highest BCUT2D eigenvalue weighted by molar-refractivity contribution is 7.10. The van der Waals surface area contributed by atoms with Crippen LogP contribution in [0.1, 0.15) is 39.5 Å². The third kappa shape index (κ3) is 4.99. The Balaban J connectivity index is 1.40. The van der Waals surface area contributed by atoms with Crippen LogP contribution in [0.15, 0.2) is 104 Å². The number of amides is 1. The van der Waals surface area contributed by atoms with Gasteiger partial charge in [0.25, 0.3) is 11.5 Å². The Bertz CT molecular complexity index is 2020. The van der Waals surface area contributed by atoms with Gasteiger partial charge in [0.2, 0.25) is 0 Å². The molecule has 3 aromatic heterocycles. The van der Waals surface area contributed by atoms with E-state index in [4.69, 9.17) is 4.42 Å². The molecule has 2 N–H and O–H groups in total. The molecule has 0 unspecified atom stereocenters. The fraction of sp³-hybridized carbons (Fsp3) is 0.0968. The average Bonchev–Trinajstić information content (AvgIpc) is 3.70. The number of rotatable bonds is 6. The molecule has 0 spiro atoms. The molecule has 0 aliphatic carbocycles. The normalized spacial score (nSPS) is 15.0. The Labute approximate surface area is 241 Å². The Morgan fingerprint density at radius 3 is 2.56 bits per heavy atom. The standard InChI is InChI=1S/C31H23N3O5S2/c1-17-15-19(30(37)38)10-12-22(17)23-13-11-21(39-23)16-25-29(36)34-27(24-9-6-14-40-24)26(18(2)32-31(34)41-25)28(35)33-20-7-4-3-5-8-20/h3-16,27H,1-2H3,(H,33,35)(H,37,38)/b25-16-/t27-/m0/s1. The molecule has 41 heavy (non-hydrogen) atoms. The number of carboxylic acid groups (broad SMARTS) is 1. The summed E-state index contributed by atoms with van der Waals surface area (Å²) in [4.78, 5) is 44.7. The van der Waals surface area contributed by atoms with Crippen molar-refractivity contribution in [2.75, 3.05) is 5.32 Å². The fourth-order valence-electron chi connectivity index (χ4n) is 4.83. The summed E-state index contributed by atoms with van der Waals surface area (Å²) >= 11 is 2.71. The quantitative estimate of drug-likeness (QED) is 0.286. The maximum Gasteiger partial charge on any atom is 0.335 e. The van der Waals surface area contributed by atoms with Crippen molar-refractivity contribution in [3.63, 3.8) is 0 Å². The molecule has 0 fully saturated rings. The van der Waals surface area contributed by atoms with Crippen molar-refractivity contribution in [2.24, 2.45) is 4.99 Å². The van der Waals surface area contributed by atoms with Crippen LogP contribution in [-0.2, 0) is 4.79 Å². The van der Waals surface area contributed by atoms with Crippen molar-refractivity contribution in [3.8, 4) is 11.3 Å². The predicted octanol–water partition coefficient (Wildman–Crippen LogP) is 5.20. The summed E-state index contributed by atoms with van der Waals surface area (Å²) < 4.78 is 8.04. The zero-order valence-electron chi connectivity index (χ0n) is 22.0. The van der Waals surface area contributed by atoms with Crippen LogP contribution in [0.25, 0.3) is 17.4 Å². The van der Waals surface area contributed by atoms with Gasteiger partial charge in [-0.05, 0) is 67.3 Å². The number of nitrogens with one attached hydrogen (secondary N) is 1. The first-order valence-corrected chi connectivity index (χ1v) is 14.4. The molecule has 1 amide bonds. The second-order valence-electron chi connectivity index (χ2n) is 9.45. The third-order valence-electron chi connectivity index (χ3n) is 6.75. The van der Waals surface area contributed by atoms with Gasteiger partial charge in [0.15, 0.2) is 4.80 Å². The van der Waals surface area contributed by atoms with E-state index in [0.29, 0.717) is 37.8 Å². The number of aromatic carboxylic acids is 1. The molecular formula is C31H23N3O5S2. The van der Waals surface area contributed by atoms with Gasteiger partial charge in [-0.2, -0.15) is 0 Å². The van der Waals surface area contributed by atoms with Crippen molar-refractivity contribution in [2.45, 2.75) is 19.9 Å². The number of thiazole rings is 1. The molecule has 0 radical (unpaired) electrons. The monoisotopic (exact) mass is 581 g/mol. The number of hydrogen-bond donors (Lipinski definition) is 2. The number of thiophene rings is 1. The number of hydrogen-bond acceptors (Lipinski definition) is 7. The maximum absolute atomic E-state index is 13.8. The molecule has 6 rings (SSSR count). The second kappa shape index (κ2) is 10.6. The molecule has 8 nitrogen and oxygen atoms in total. The van der Waals surface area contributed by atoms with Crippen molar-refractivity contribution in [3.05, 3.63) is 131 Å². The average molecular weight is 582 g/mol. The summed E-state index contributed by atoms with van der Waals surface area (Å²) in [5.74, 6) is -0.278. The number of furan rings is 1. The van der Waals surface area contributed by atoms with Crippen LogP contribution in [0.4, 0.5) is 5.69 Å². The van der Waals surface area contributed by atoms with Crippen LogP contribution in [-0.4, -0.2) is 21.6 Å². The van der Waals surface area contributed by atoms with E-state index in [9.17, 15) is 19.5 Å². The smallest absolute Gasteiger partial charge is 0.335 e. The van der Waals surface area contributed by atoms with Gasteiger partial charge in [-0.15, -0.1) is 11.3 Å². The summed E-state index contributed by atoms with van der Waals surface area (Å²) in [5.41, 5.74) is 3.07. The first-order chi connectivity index (χ1) is 19.8. The van der Waals surface area contributed by atoms with Gasteiger partial charge in [0.05, 0.1) is 21.4 Å². The van der Waals surface area contributed by atoms with Gasteiger partial charge >= 0.3 is 5.97 Å². The summed E-state index contributed by atoms with van der Waals surface area (Å²) in [6.45, 7) is 3.61. The van der Waals surface area contributed by atoms with Crippen LogP contribution in [0.5, 0.6) is 0 Å². The molecule has 0 bridgehead atoms. The van der Waals surface area contributed by atoms with E-state index < -0.39 is 12.0 Å². The lowest BCUT2D eigenvalue weighted by Crippen LogP contribution is -2.40. The zero-order chi connectivity index (χ0) is 28.7. The van der Waals surface area contributed by atoms with E-state index in [2.05, 4.69) is 10.3 Å². The number of aromatic nitrogens is 1. The minimum atomic E-state index is -0.994. The molecule has 0 saturated carbocycles. The first kappa shape index (κ1) is 26.4. The fourth-order valence-corrected chi connectivity index (χ4v) is 6.68. The number of para-hydroxylation sites is 1. The van der Waals surface area contributed by atoms with Crippen LogP contribution in [0, 0.1) is 6.92 Å². The Morgan fingerprint density at radius 1 is 1.05 bits per heavy atom. The lowest BCUT2D eigenvalue weighted by molar-refractivity contribution is -0.113. The van der Waals surface area contributed by atoms with Crippen molar-refractivity contribution >= 4 is 46.3 Å². The predicted molar refractivity (Wildman–Crippen MR) is 159 cm³/mol. The van der Waals surface area contributed by atoms with Gasteiger partial charge in [0.1, 0.15) is 17.6 Å². The van der Waals surface area contributed by atoms with Gasteiger partial charge in [-0.25, -0.2) is 9.79 Å². The van der Waals surface area contributed by atoms with Gasteiger partial charge in [-0.3, -0.25) is 14.2 Å². The first-order valence-electron chi connectivity index (χ1n) is 12.7. The minimum Gasteiger partial charge on any atom is -0.478 e. The minimum absolute atomic E-state index is 0.201. The number of anilines is 1. The second-order valence-corrected chi connectivity index (χ2v) is 11.4. The van der Waals surface area contributed by atoms with Gasteiger partial charge < -0.3 is 14.8 Å². The van der Waals surface area contributed by atoms with E-state index in [-0.39, 0.29) is 17.0 Å². The largest absolute Gasteiger partial charge is 0.478 e. The topological polar surface area (TPSA) is 114 Å². The summed E-state index contributed by atoms with van der Waals surface area (Å²) in [5, 5.41) is 14.1. The molecule has 2 aromatic carbocycles. The maximum atomic E-state index is 13.8. The van der Waals surface area contributed by atoms with Crippen LogP contribution in [0.2, 0.25) is 0 Å². The van der Waals surface area contributed by atoms with E-state index in [1.54, 1.807) is 41.8 Å². The number of fused-ring (bicyclic) bond motifs is 1. The SMILES string of the molecule is CC1=C(C(=O)Nc2ccccc2)[C@H](c2cccs2)n2c(s/c(=C\c3ccc(-c4ccc(C(=O)O)cc4C)o3)c2=O)=N1. The van der Waals surface area contributed by atoms with E-state index >= 15 is 0 Å².